The third-order valence-electron chi connectivity index (χ3n) is 6.82. The Balaban J connectivity index is 1.87. The van der Waals surface area contributed by atoms with Crippen LogP contribution in [-0.2, 0) is 14.4 Å². The van der Waals surface area contributed by atoms with Crippen LogP contribution < -0.4 is 22.5 Å². The molecule has 1 atom stereocenters. The number of nitrogens with two attached hydrogens (primary N) is 3. The number of benzene rings is 2. The fraction of sp³-hybridized carbons (Fsp3) is 0.296. The maximum absolute atomic E-state index is 13.7. The Morgan fingerprint density at radius 1 is 0.878 bits per heavy atom. The van der Waals surface area contributed by atoms with Gasteiger partial charge in [-0.25, -0.2) is 0 Å². The predicted octanol–water partition coefficient (Wildman–Crippen LogP) is -0.899. The standard InChI is InChI=1S/C27H32N8O6/c28-14-20(36)27(10-1-11-33-24(39)18-6-2-16(3-7-18)22(29)30)26(41)34(15-21(37)38)12-13-35(27)25(40)19-8-4-17(5-9-19)23(31)32/h2-9H,1,10-15,28H2,(H3,29,30)(H3,31,32)(H,33,39)(H,37,38). The number of amides is 3. The Hall–Kier alpha value is -5.11. The number of nitrogen functional groups attached to an aromatic ring is 2. The average molecular weight is 565 g/mol. The van der Waals surface area contributed by atoms with Gasteiger partial charge in [0.05, 0.1) is 6.54 Å². The van der Waals surface area contributed by atoms with Crippen molar-refractivity contribution >= 4 is 41.1 Å². The van der Waals surface area contributed by atoms with E-state index in [-0.39, 0.29) is 49.7 Å². The Morgan fingerprint density at radius 3 is 1.88 bits per heavy atom. The van der Waals surface area contributed by atoms with E-state index in [0.29, 0.717) is 16.7 Å². The van der Waals surface area contributed by atoms with Crippen molar-refractivity contribution in [1.29, 1.82) is 10.8 Å². The van der Waals surface area contributed by atoms with Crippen LogP contribution in [0, 0.1) is 10.8 Å². The zero-order valence-corrected chi connectivity index (χ0v) is 22.2. The molecule has 1 saturated heterocycles. The highest BCUT2D eigenvalue weighted by molar-refractivity contribution is 6.16. The van der Waals surface area contributed by atoms with Crippen LogP contribution in [0.4, 0.5) is 0 Å². The van der Waals surface area contributed by atoms with Crippen molar-refractivity contribution in [2.75, 3.05) is 32.7 Å². The number of carbonyl (C=O) groups excluding carboxylic acids is 4. The van der Waals surface area contributed by atoms with E-state index in [1.165, 1.54) is 48.5 Å². The highest BCUT2D eigenvalue weighted by atomic mass is 16.4. The van der Waals surface area contributed by atoms with Crippen molar-refractivity contribution in [2.24, 2.45) is 17.2 Å². The molecule has 0 radical (unpaired) electrons. The van der Waals surface area contributed by atoms with E-state index in [2.05, 4.69) is 5.32 Å². The summed E-state index contributed by atoms with van der Waals surface area (Å²) in [6, 6.07) is 11.8. The molecular formula is C27H32N8O6. The lowest BCUT2D eigenvalue weighted by Crippen LogP contribution is -2.72. The number of piperazine rings is 1. The van der Waals surface area contributed by atoms with Crippen LogP contribution in [0.5, 0.6) is 0 Å². The molecule has 0 aromatic heterocycles. The van der Waals surface area contributed by atoms with Gasteiger partial charge in [0.2, 0.25) is 0 Å². The zero-order valence-electron chi connectivity index (χ0n) is 22.2. The van der Waals surface area contributed by atoms with Crippen LogP contribution in [0.1, 0.15) is 44.7 Å². The Kier molecular flexibility index (Phi) is 9.52. The van der Waals surface area contributed by atoms with Gasteiger partial charge >= 0.3 is 5.97 Å². The fourth-order valence-corrected chi connectivity index (χ4v) is 4.70. The summed E-state index contributed by atoms with van der Waals surface area (Å²) in [4.78, 5) is 67.0. The summed E-state index contributed by atoms with van der Waals surface area (Å²) >= 11 is 0. The second kappa shape index (κ2) is 12.8. The van der Waals surface area contributed by atoms with Crippen molar-refractivity contribution in [3.63, 3.8) is 0 Å². The van der Waals surface area contributed by atoms with Gasteiger partial charge in [0.25, 0.3) is 17.7 Å². The molecule has 2 aromatic carbocycles. The number of nitrogens with one attached hydrogen (secondary N) is 3. The molecule has 41 heavy (non-hydrogen) atoms. The summed E-state index contributed by atoms with van der Waals surface area (Å²) in [5.41, 5.74) is 15.8. The molecule has 14 heteroatoms. The normalized spacial score (nSPS) is 16.7. The molecule has 1 aliphatic heterocycles. The number of hydrogen-bond acceptors (Lipinski definition) is 8. The monoisotopic (exact) mass is 564 g/mol. The lowest BCUT2D eigenvalue weighted by Gasteiger charge is -2.48. The Morgan fingerprint density at radius 2 is 1.39 bits per heavy atom. The maximum Gasteiger partial charge on any atom is 0.323 e. The van der Waals surface area contributed by atoms with Gasteiger partial charge in [-0.1, -0.05) is 24.3 Å². The van der Waals surface area contributed by atoms with Gasteiger partial charge in [0, 0.05) is 41.9 Å². The molecule has 0 saturated carbocycles. The van der Waals surface area contributed by atoms with Crippen molar-refractivity contribution in [3.8, 4) is 0 Å². The van der Waals surface area contributed by atoms with Gasteiger partial charge in [0.15, 0.2) is 11.3 Å². The molecule has 216 valence electrons. The lowest BCUT2D eigenvalue weighted by atomic mass is 9.82. The summed E-state index contributed by atoms with van der Waals surface area (Å²) in [6.07, 6.45) is -0.151. The van der Waals surface area contributed by atoms with E-state index in [4.69, 9.17) is 28.0 Å². The topological polar surface area (TPSA) is 250 Å². The first-order valence-corrected chi connectivity index (χ1v) is 12.7. The second-order valence-corrected chi connectivity index (χ2v) is 9.41. The molecule has 1 unspecified atom stereocenters. The first kappa shape index (κ1) is 30.4. The minimum absolute atomic E-state index is 0.0223. The smallest absolute Gasteiger partial charge is 0.323 e. The minimum atomic E-state index is -2.09. The number of rotatable bonds is 12. The molecule has 14 nitrogen and oxygen atoms in total. The summed E-state index contributed by atoms with van der Waals surface area (Å²) < 4.78 is 0. The van der Waals surface area contributed by atoms with Crippen molar-refractivity contribution in [3.05, 3.63) is 70.8 Å². The number of nitrogens with zero attached hydrogens (tertiary/aromatic N) is 2. The SMILES string of the molecule is N=C(N)c1ccc(C(=O)NCCCC2(C(=O)CN)C(=O)N(CC(=O)O)CCN2C(=O)c2ccc(C(=N)N)cc2)cc1. The third kappa shape index (κ3) is 6.55. The highest BCUT2D eigenvalue weighted by Gasteiger charge is 2.55. The van der Waals surface area contributed by atoms with Crippen molar-refractivity contribution in [2.45, 2.75) is 18.4 Å². The number of hydrogen-bond donors (Lipinski definition) is 7. The number of carbonyl (C=O) groups is 5. The summed E-state index contributed by atoms with van der Waals surface area (Å²) in [5.74, 6) is -4.35. The molecule has 1 aliphatic rings. The van der Waals surface area contributed by atoms with Crippen molar-refractivity contribution in [1.82, 2.24) is 15.1 Å². The number of ketones is 1. The van der Waals surface area contributed by atoms with E-state index >= 15 is 0 Å². The van der Waals surface area contributed by atoms with E-state index in [1.54, 1.807) is 0 Å². The summed E-state index contributed by atoms with van der Waals surface area (Å²) in [7, 11) is 0. The van der Waals surface area contributed by atoms with Crippen molar-refractivity contribution < 1.29 is 29.1 Å². The summed E-state index contributed by atoms with van der Waals surface area (Å²) in [5, 5.41) is 27.0. The van der Waals surface area contributed by atoms with Gasteiger partial charge in [-0.3, -0.25) is 34.8 Å². The first-order chi connectivity index (χ1) is 19.4. The van der Waals surface area contributed by atoms with Crippen LogP contribution in [-0.4, -0.2) is 94.3 Å². The van der Waals surface area contributed by atoms with Crippen LogP contribution in [0.2, 0.25) is 0 Å². The number of carboxylic acids is 1. The predicted molar refractivity (Wildman–Crippen MR) is 149 cm³/mol. The molecule has 1 fully saturated rings. The number of aliphatic carboxylic acids is 1. The van der Waals surface area contributed by atoms with Crippen LogP contribution in [0.3, 0.4) is 0 Å². The Bertz CT molecular complexity index is 1380. The van der Waals surface area contributed by atoms with Crippen LogP contribution in [0.25, 0.3) is 0 Å². The molecule has 2 aromatic rings. The molecule has 0 bridgehead atoms. The highest BCUT2D eigenvalue weighted by Crippen LogP contribution is 2.31. The van der Waals surface area contributed by atoms with Gasteiger partial charge in [0.1, 0.15) is 18.2 Å². The van der Waals surface area contributed by atoms with E-state index < -0.39 is 48.1 Å². The fourth-order valence-electron chi connectivity index (χ4n) is 4.70. The molecule has 0 aliphatic carbocycles. The molecule has 0 spiro atoms. The molecular weight excluding hydrogens is 532 g/mol. The van der Waals surface area contributed by atoms with E-state index in [0.717, 1.165) is 9.80 Å². The van der Waals surface area contributed by atoms with Crippen LogP contribution >= 0.6 is 0 Å². The molecule has 10 N–H and O–H groups in total. The van der Waals surface area contributed by atoms with E-state index in [9.17, 15) is 29.1 Å². The molecule has 1 heterocycles. The minimum Gasteiger partial charge on any atom is -0.480 e. The maximum atomic E-state index is 13.7. The number of Topliss-reactive ketones (excluding diaryl/α,β-unsaturated/α-hetero) is 1. The zero-order chi connectivity index (χ0) is 30.3. The summed E-state index contributed by atoms with van der Waals surface area (Å²) in [6.45, 7) is -1.48. The van der Waals surface area contributed by atoms with Gasteiger partial charge in [-0.15, -0.1) is 0 Å². The average Bonchev–Trinajstić information content (AvgIpc) is 2.96. The van der Waals surface area contributed by atoms with Crippen LogP contribution in [0.15, 0.2) is 48.5 Å². The lowest BCUT2D eigenvalue weighted by molar-refractivity contribution is -0.160. The van der Waals surface area contributed by atoms with Gasteiger partial charge in [-0.05, 0) is 37.1 Å². The number of amidine groups is 2. The molecule has 3 rings (SSSR count). The third-order valence-corrected chi connectivity index (χ3v) is 6.82. The Labute approximate surface area is 235 Å². The van der Waals surface area contributed by atoms with Gasteiger partial charge in [-0.2, -0.15) is 0 Å². The van der Waals surface area contributed by atoms with Gasteiger partial charge < -0.3 is 37.4 Å². The first-order valence-electron chi connectivity index (χ1n) is 12.7. The second-order valence-electron chi connectivity index (χ2n) is 9.41. The largest absolute Gasteiger partial charge is 0.480 e. The quantitative estimate of drug-likeness (QED) is 0.0729. The number of carboxylic acid groups (broad SMARTS) is 1. The molecule has 3 amide bonds. The van der Waals surface area contributed by atoms with E-state index in [1.807, 2.05) is 0 Å².